The number of nitrogens with one attached hydrogen (secondary N) is 1. The Morgan fingerprint density at radius 3 is 2.55 bits per heavy atom. The van der Waals surface area contributed by atoms with Crippen molar-refractivity contribution < 1.29 is 13.2 Å². The quantitative estimate of drug-likeness (QED) is 0.874. The van der Waals surface area contributed by atoms with E-state index in [1.807, 2.05) is 6.92 Å². The van der Waals surface area contributed by atoms with E-state index in [-0.39, 0.29) is 6.04 Å². The first-order valence-electron chi connectivity index (χ1n) is 6.95. The van der Waals surface area contributed by atoms with Crippen molar-refractivity contribution in [3.63, 3.8) is 0 Å². The van der Waals surface area contributed by atoms with Crippen LogP contribution in [0.2, 0.25) is 0 Å². The minimum absolute atomic E-state index is 0.0198. The molecular formula is C13H18F3N3S. The van der Waals surface area contributed by atoms with E-state index in [0.29, 0.717) is 11.2 Å². The van der Waals surface area contributed by atoms with Crippen LogP contribution >= 0.6 is 11.3 Å². The van der Waals surface area contributed by atoms with Crippen molar-refractivity contribution in [2.24, 2.45) is 0 Å². The van der Waals surface area contributed by atoms with Crippen LogP contribution in [-0.4, -0.2) is 29.8 Å². The molecule has 1 N–H and O–H groups in total. The lowest BCUT2D eigenvalue weighted by molar-refractivity contribution is -0.120. The highest BCUT2D eigenvalue weighted by Crippen LogP contribution is 2.37. The number of rotatable bonds is 6. The Balaban J connectivity index is 1.71. The monoisotopic (exact) mass is 305 g/mol. The Kier molecular flexibility index (Phi) is 3.66. The molecule has 3 rings (SSSR count). The number of alkyl halides is 3. The van der Waals surface area contributed by atoms with Gasteiger partial charge in [0.1, 0.15) is 6.54 Å². The molecule has 0 spiro atoms. The zero-order valence-electron chi connectivity index (χ0n) is 11.3. The lowest BCUT2D eigenvalue weighted by Crippen LogP contribution is -2.35. The summed E-state index contributed by atoms with van der Waals surface area (Å²) in [5.74, 6) is 0. The molecule has 0 aromatic carbocycles. The van der Waals surface area contributed by atoms with E-state index in [1.54, 1.807) is 0 Å². The molecule has 0 bridgehead atoms. The fourth-order valence-corrected chi connectivity index (χ4v) is 3.24. The van der Waals surface area contributed by atoms with Crippen molar-refractivity contribution in [3.05, 3.63) is 10.6 Å². The summed E-state index contributed by atoms with van der Waals surface area (Å²) in [7, 11) is 0. The maximum absolute atomic E-state index is 12.7. The van der Waals surface area contributed by atoms with Crippen LogP contribution < -0.4 is 10.2 Å². The Labute approximate surface area is 120 Å². The maximum Gasteiger partial charge on any atom is 0.406 e. The molecule has 2 fully saturated rings. The van der Waals surface area contributed by atoms with Crippen LogP contribution in [0.3, 0.4) is 0 Å². The third-order valence-corrected chi connectivity index (χ3v) is 4.79. The highest BCUT2D eigenvalue weighted by Gasteiger charge is 2.39. The molecule has 0 unspecified atom stereocenters. The van der Waals surface area contributed by atoms with Gasteiger partial charge >= 0.3 is 6.18 Å². The smallest absolute Gasteiger partial charge is 0.336 e. The fraction of sp³-hybridized carbons (Fsp3) is 0.769. The topological polar surface area (TPSA) is 28.2 Å². The lowest BCUT2D eigenvalue weighted by atomic mass is 10.4. The van der Waals surface area contributed by atoms with Crippen LogP contribution in [0.25, 0.3) is 0 Å². The first-order valence-corrected chi connectivity index (χ1v) is 7.77. The molecule has 2 aliphatic rings. The SMILES string of the molecule is Cc1nc(N(CC(F)(F)F)C2CC2)sc1CNC1CC1. The van der Waals surface area contributed by atoms with E-state index in [0.717, 1.165) is 30.0 Å². The van der Waals surface area contributed by atoms with Gasteiger partial charge in [0.05, 0.1) is 5.69 Å². The molecule has 2 aliphatic carbocycles. The second kappa shape index (κ2) is 5.18. The Hall–Kier alpha value is -0.820. The first kappa shape index (κ1) is 14.1. The molecule has 3 nitrogen and oxygen atoms in total. The van der Waals surface area contributed by atoms with Crippen molar-refractivity contribution in [2.75, 3.05) is 11.4 Å². The normalized spacial score (nSPS) is 19.4. The van der Waals surface area contributed by atoms with Crippen LogP contribution in [0.1, 0.15) is 36.3 Å². The largest absolute Gasteiger partial charge is 0.406 e. The average Bonchev–Trinajstić information content (AvgIpc) is 3.22. The number of hydrogen-bond acceptors (Lipinski definition) is 4. The van der Waals surface area contributed by atoms with E-state index in [2.05, 4.69) is 10.3 Å². The summed E-state index contributed by atoms with van der Waals surface area (Å²) in [4.78, 5) is 6.84. The molecule has 0 saturated heterocycles. The molecule has 1 aromatic rings. The van der Waals surface area contributed by atoms with Crippen LogP contribution in [0.4, 0.5) is 18.3 Å². The van der Waals surface area contributed by atoms with Gasteiger partial charge < -0.3 is 10.2 Å². The average molecular weight is 305 g/mol. The van der Waals surface area contributed by atoms with E-state index in [1.165, 1.54) is 29.1 Å². The van der Waals surface area contributed by atoms with Gasteiger partial charge in [-0.1, -0.05) is 0 Å². The summed E-state index contributed by atoms with van der Waals surface area (Å²) >= 11 is 1.40. The second-order valence-corrected chi connectivity index (χ2v) is 6.70. The lowest BCUT2D eigenvalue weighted by Gasteiger charge is -2.22. The Morgan fingerprint density at radius 2 is 2.00 bits per heavy atom. The van der Waals surface area contributed by atoms with Crippen LogP contribution in [0.15, 0.2) is 0 Å². The summed E-state index contributed by atoms with van der Waals surface area (Å²) in [5.41, 5.74) is 0.853. The number of aromatic nitrogens is 1. The minimum atomic E-state index is -4.17. The number of aryl methyl sites for hydroxylation is 1. The molecule has 0 aliphatic heterocycles. The molecule has 112 valence electrons. The van der Waals surface area contributed by atoms with Gasteiger partial charge in [-0.15, -0.1) is 11.3 Å². The zero-order valence-corrected chi connectivity index (χ0v) is 12.2. The molecule has 0 atom stereocenters. The van der Waals surface area contributed by atoms with Gasteiger partial charge in [-0.25, -0.2) is 4.98 Å². The van der Waals surface area contributed by atoms with Crippen molar-refractivity contribution in [2.45, 2.75) is 57.4 Å². The second-order valence-electron chi connectivity index (χ2n) is 5.63. The summed E-state index contributed by atoms with van der Waals surface area (Å²) < 4.78 is 38.0. The Bertz CT molecular complexity index is 478. The van der Waals surface area contributed by atoms with Crippen LogP contribution in [-0.2, 0) is 6.54 Å². The van der Waals surface area contributed by atoms with Gasteiger partial charge in [0.2, 0.25) is 0 Å². The van der Waals surface area contributed by atoms with Crippen molar-refractivity contribution in [1.29, 1.82) is 0 Å². The van der Waals surface area contributed by atoms with Crippen molar-refractivity contribution >= 4 is 16.5 Å². The molecule has 1 heterocycles. The highest BCUT2D eigenvalue weighted by molar-refractivity contribution is 7.15. The van der Waals surface area contributed by atoms with E-state index in [9.17, 15) is 13.2 Å². The molecule has 2 saturated carbocycles. The van der Waals surface area contributed by atoms with E-state index < -0.39 is 12.7 Å². The third kappa shape index (κ3) is 3.63. The number of anilines is 1. The molecule has 0 radical (unpaired) electrons. The van der Waals surface area contributed by atoms with Gasteiger partial charge in [0.25, 0.3) is 0 Å². The summed E-state index contributed by atoms with van der Waals surface area (Å²) in [5, 5.41) is 3.91. The molecular weight excluding hydrogens is 287 g/mol. The number of thiazole rings is 1. The van der Waals surface area contributed by atoms with Crippen molar-refractivity contribution in [3.8, 4) is 0 Å². The van der Waals surface area contributed by atoms with Gasteiger partial charge in [-0.3, -0.25) is 0 Å². The van der Waals surface area contributed by atoms with Crippen LogP contribution in [0, 0.1) is 6.92 Å². The van der Waals surface area contributed by atoms with Crippen LogP contribution in [0.5, 0.6) is 0 Å². The Morgan fingerprint density at radius 1 is 1.30 bits per heavy atom. The van der Waals surface area contributed by atoms with Gasteiger partial charge in [-0.05, 0) is 32.6 Å². The van der Waals surface area contributed by atoms with Gasteiger partial charge in [0.15, 0.2) is 5.13 Å². The number of nitrogens with zero attached hydrogens (tertiary/aromatic N) is 2. The molecule has 7 heteroatoms. The van der Waals surface area contributed by atoms with Crippen molar-refractivity contribution in [1.82, 2.24) is 10.3 Å². The first-order chi connectivity index (χ1) is 9.42. The predicted molar refractivity (Wildman–Crippen MR) is 73.1 cm³/mol. The number of hydrogen-bond donors (Lipinski definition) is 1. The molecule has 1 aromatic heterocycles. The van der Waals surface area contributed by atoms with E-state index in [4.69, 9.17) is 0 Å². The summed E-state index contributed by atoms with van der Waals surface area (Å²) in [6, 6.07) is 0.612. The predicted octanol–water partition coefficient (Wildman–Crippen LogP) is 3.23. The van der Waals surface area contributed by atoms with Gasteiger partial charge in [-0.2, -0.15) is 13.2 Å². The minimum Gasteiger partial charge on any atom is -0.336 e. The van der Waals surface area contributed by atoms with E-state index >= 15 is 0 Å². The highest BCUT2D eigenvalue weighted by atomic mass is 32.1. The maximum atomic E-state index is 12.7. The number of halogens is 3. The summed E-state index contributed by atoms with van der Waals surface area (Å²) in [6.45, 7) is 1.71. The van der Waals surface area contributed by atoms with Gasteiger partial charge in [0, 0.05) is 23.5 Å². The standard InChI is InChI=1S/C13H18F3N3S/c1-8-11(6-17-9-2-3-9)20-12(18-8)19(10-4-5-10)7-13(14,15)16/h9-10,17H,2-7H2,1H3. The summed E-state index contributed by atoms with van der Waals surface area (Å²) in [6.07, 6.45) is -0.0940. The molecule has 0 amide bonds. The zero-order chi connectivity index (χ0) is 14.3. The third-order valence-electron chi connectivity index (χ3n) is 3.59. The fourth-order valence-electron chi connectivity index (χ4n) is 2.16. The molecule has 20 heavy (non-hydrogen) atoms.